The summed E-state index contributed by atoms with van der Waals surface area (Å²) in [6, 6.07) is 10.7. The lowest BCUT2D eigenvalue weighted by molar-refractivity contribution is 0.101. The first-order valence-corrected chi connectivity index (χ1v) is 8.47. The molecule has 0 saturated carbocycles. The van der Waals surface area contributed by atoms with Crippen LogP contribution in [0.15, 0.2) is 47.4 Å². The lowest BCUT2D eigenvalue weighted by Crippen LogP contribution is -2.17. The molecule has 0 saturated heterocycles. The van der Waals surface area contributed by atoms with Gasteiger partial charge in [0.1, 0.15) is 13.2 Å². The Morgan fingerprint density at radius 1 is 1.00 bits per heavy atom. The maximum Gasteiger partial charge on any atom is 0.262 e. The van der Waals surface area contributed by atoms with E-state index in [0.717, 1.165) is 0 Å². The number of carbonyl (C=O) groups excluding carboxylic acids is 1. The summed E-state index contributed by atoms with van der Waals surface area (Å²) in [5.41, 5.74) is 0.900. The molecule has 1 heterocycles. The van der Waals surface area contributed by atoms with Gasteiger partial charge in [-0.25, -0.2) is 8.42 Å². The zero-order chi connectivity index (χ0) is 16.4. The van der Waals surface area contributed by atoms with E-state index in [1.165, 1.54) is 19.1 Å². The third-order valence-electron chi connectivity index (χ3n) is 3.37. The second-order valence-corrected chi connectivity index (χ2v) is 6.73. The number of hydrogen-bond donors (Lipinski definition) is 1. The number of rotatable bonds is 4. The van der Waals surface area contributed by atoms with Gasteiger partial charge in [-0.3, -0.25) is 9.52 Å². The predicted molar refractivity (Wildman–Crippen MR) is 84.7 cm³/mol. The average Bonchev–Trinajstić information content (AvgIpc) is 2.54. The molecular formula is C16H15NO5S. The van der Waals surface area contributed by atoms with E-state index >= 15 is 0 Å². The van der Waals surface area contributed by atoms with E-state index in [1.807, 2.05) is 0 Å². The summed E-state index contributed by atoms with van der Waals surface area (Å²) < 4.78 is 38.1. The summed E-state index contributed by atoms with van der Waals surface area (Å²) in [5, 5.41) is 0. The highest BCUT2D eigenvalue weighted by Crippen LogP contribution is 2.32. The molecule has 0 fully saturated rings. The minimum absolute atomic E-state index is 0.0776. The molecule has 2 aromatic carbocycles. The van der Waals surface area contributed by atoms with Crippen LogP contribution in [0.1, 0.15) is 17.3 Å². The smallest absolute Gasteiger partial charge is 0.262 e. The SMILES string of the molecule is CC(=O)c1ccc(NS(=O)(=O)c2ccc3c(c2)OCCO3)cc1. The Morgan fingerprint density at radius 2 is 1.65 bits per heavy atom. The molecule has 0 radical (unpaired) electrons. The van der Waals surface area contributed by atoms with Crippen molar-refractivity contribution in [2.45, 2.75) is 11.8 Å². The number of Topliss-reactive ketones (excluding diaryl/α,β-unsaturated/α-hetero) is 1. The first kappa shape index (κ1) is 15.4. The third-order valence-corrected chi connectivity index (χ3v) is 4.75. The van der Waals surface area contributed by atoms with E-state index in [9.17, 15) is 13.2 Å². The highest BCUT2D eigenvalue weighted by molar-refractivity contribution is 7.92. The molecule has 0 aromatic heterocycles. The lowest BCUT2D eigenvalue weighted by atomic mass is 10.1. The molecule has 1 aliphatic rings. The van der Waals surface area contributed by atoms with Crippen LogP contribution in [0.5, 0.6) is 11.5 Å². The van der Waals surface area contributed by atoms with E-state index in [1.54, 1.807) is 30.3 Å². The minimum atomic E-state index is -3.75. The van der Waals surface area contributed by atoms with Gasteiger partial charge in [0.05, 0.1) is 4.90 Å². The van der Waals surface area contributed by atoms with Crippen molar-refractivity contribution < 1.29 is 22.7 Å². The summed E-state index contributed by atoms with van der Waals surface area (Å²) in [6.07, 6.45) is 0. The second kappa shape index (κ2) is 5.92. The summed E-state index contributed by atoms with van der Waals surface area (Å²) in [5.74, 6) is 0.860. The van der Waals surface area contributed by atoms with Gasteiger partial charge in [-0.15, -0.1) is 0 Å². The molecule has 0 aliphatic carbocycles. The first-order valence-electron chi connectivity index (χ1n) is 6.99. The molecule has 0 spiro atoms. The zero-order valence-electron chi connectivity index (χ0n) is 12.4. The summed E-state index contributed by atoms with van der Waals surface area (Å²) in [7, 11) is -3.75. The standard InChI is InChI=1S/C16H15NO5S/c1-11(18)12-2-4-13(5-3-12)17-23(19,20)14-6-7-15-16(10-14)22-9-8-21-15/h2-7,10,17H,8-9H2,1H3. The number of benzene rings is 2. The Labute approximate surface area is 134 Å². The maximum absolute atomic E-state index is 12.4. The molecule has 0 unspecified atom stereocenters. The van der Waals surface area contributed by atoms with Crippen molar-refractivity contribution in [1.29, 1.82) is 0 Å². The second-order valence-electron chi connectivity index (χ2n) is 5.04. The molecule has 0 bridgehead atoms. The van der Waals surface area contributed by atoms with E-state index in [2.05, 4.69) is 4.72 Å². The summed E-state index contributed by atoms with van der Waals surface area (Å²) in [6.45, 7) is 2.28. The summed E-state index contributed by atoms with van der Waals surface area (Å²) in [4.78, 5) is 11.3. The van der Waals surface area contributed by atoms with Crippen molar-refractivity contribution in [3.63, 3.8) is 0 Å². The van der Waals surface area contributed by atoms with Gasteiger partial charge in [0.2, 0.25) is 0 Å². The predicted octanol–water partition coefficient (Wildman–Crippen LogP) is 2.46. The monoisotopic (exact) mass is 333 g/mol. The number of fused-ring (bicyclic) bond motifs is 1. The van der Waals surface area contributed by atoms with Gasteiger partial charge < -0.3 is 9.47 Å². The van der Waals surface area contributed by atoms with Crippen molar-refractivity contribution in [3.8, 4) is 11.5 Å². The molecule has 0 atom stereocenters. The molecule has 23 heavy (non-hydrogen) atoms. The fraction of sp³-hybridized carbons (Fsp3) is 0.188. The number of sulfonamides is 1. The van der Waals surface area contributed by atoms with Crippen LogP contribution in [-0.4, -0.2) is 27.4 Å². The van der Waals surface area contributed by atoms with Crippen LogP contribution < -0.4 is 14.2 Å². The van der Waals surface area contributed by atoms with Gasteiger partial charge in [-0.05, 0) is 43.3 Å². The van der Waals surface area contributed by atoms with Crippen LogP contribution >= 0.6 is 0 Å². The molecular weight excluding hydrogens is 318 g/mol. The van der Waals surface area contributed by atoms with Gasteiger partial charge in [0.15, 0.2) is 17.3 Å². The van der Waals surface area contributed by atoms with Crippen molar-refractivity contribution in [2.24, 2.45) is 0 Å². The fourth-order valence-corrected chi connectivity index (χ4v) is 3.25. The van der Waals surface area contributed by atoms with Crippen LogP contribution in [0.2, 0.25) is 0 Å². The quantitative estimate of drug-likeness (QED) is 0.869. The molecule has 0 amide bonds. The number of hydrogen-bond acceptors (Lipinski definition) is 5. The van der Waals surface area contributed by atoms with Gasteiger partial charge >= 0.3 is 0 Å². The molecule has 1 N–H and O–H groups in total. The first-order chi connectivity index (χ1) is 11.0. The van der Waals surface area contributed by atoms with Crippen LogP contribution in [0, 0.1) is 0 Å². The van der Waals surface area contributed by atoms with Gasteiger partial charge in [0.25, 0.3) is 10.0 Å². The Morgan fingerprint density at radius 3 is 2.30 bits per heavy atom. The van der Waals surface area contributed by atoms with Crippen molar-refractivity contribution >= 4 is 21.5 Å². The Bertz CT molecular complexity index is 843. The number of ether oxygens (including phenoxy) is 2. The number of carbonyl (C=O) groups is 1. The zero-order valence-corrected chi connectivity index (χ0v) is 13.2. The van der Waals surface area contributed by atoms with Crippen molar-refractivity contribution in [2.75, 3.05) is 17.9 Å². The molecule has 120 valence electrons. The third kappa shape index (κ3) is 3.29. The fourth-order valence-electron chi connectivity index (χ4n) is 2.18. The van der Waals surface area contributed by atoms with Gasteiger partial charge in [-0.1, -0.05) is 0 Å². The van der Waals surface area contributed by atoms with E-state index in [-0.39, 0.29) is 10.7 Å². The maximum atomic E-state index is 12.4. The van der Waals surface area contributed by atoms with Crippen molar-refractivity contribution in [3.05, 3.63) is 48.0 Å². The minimum Gasteiger partial charge on any atom is -0.486 e. The van der Waals surface area contributed by atoms with Crippen LogP contribution in [0.3, 0.4) is 0 Å². The molecule has 7 heteroatoms. The normalized spacial score (nSPS) is 13.4. The van der Waals surface area contributed by atoms with Crippen molar-refractivity contribution in [1.82, 2.24) is 0 Å². The van der Waals surface area contributed by atoms with Crippen LogP contribution in [-0.2, 0) is 10.0 Å². The molecule has 1 aliphatic heterocycles. The number of ketones is 1. The topological polar surface area (TPSA) is 81.7 Å². The average molecular weight is 333 g/mol. The largest absolute Gasteiger partial charge is 0.486 e. The lowest BCUT2D eigenvalue weighted by Gasteiger charge is -2.19. The number of nitrogens with one attached hydrogen (secondary N) is 1. The molecule has 2 aromatic rings. The Hall–Kier alpha value is -2.54. The summed E-state index contributed by atoms with van der Waals surface area (Å²) >= 11 is 0. The Kier molecular flexibility index (Phi) is 3.96. The molecule has 6 nitrogen and oxygen atoms in total. The Balaban J connectivity index is 1.85. The van der Waals surface area contributed by atoms with Crippen LogP contribution in [0.4, 0.5) is 5.69 Å². The van der Waals surface area contributed by atoms with E-state index in [0.29, 0.717) is 36.0 Å². The van der Waals surface area contributed by atoms with Crippen LogP contribution in [0.25, 0.3) is 0 Å². The van der Waals surface area contributed by atoms with Gasteiger partial charge in [0, 0.05) is 17.3 Å². The molecule has 3 rings (SSSR count). The van der Waals surface area contributed by atoms with E-state index < -0.39 is 10.0 Å². The highest BCUT2D eigenvalue weighted by atomic mass is 32.2. The number of anilines is 1. The van der Waals surface area contributed by atoms with Gasteiger partial charge in [-0.2, -0.15) is 0 Å². The highest BCUT2D eigenvalue weighted by Gasteiger charge is 2.19. The van der Waals surface area contributed by atoms with E-state index in [4.69, 9.17) is 9.47 Å².